The van der Waals surface area contributed by atoms with Gasteiger partial charge in [-0.25, -0.2) is 18.5 Å². The molecule has 0 aliphatic carbocycles. The van der Waals surface area contributed by atoms with Gasteiger partial charge in [-0.15, -0.1) is 0 Å². The Hall–Kier alpha value is -2.82. The summed E-state index contributed by atoms with van der Waals surface area (Å²) in [5.41, 5.74) is 1.84. The van der Waals surface area contributed by atoms with E-state index in [0.717, 1.165) is 17.0 Å². The van der Waals surface area contributed by atoms with E-state index in [-0.39, 0.29) is 16.6 Å². The minimum atomic E-state index is -3.70. The van der Waals surface area contributed by atoms with Gasteiger partial charge >= 0.3 is 0 Å². The second-order valence-corrected chi connectivity index (χ2v) is 8.86. The van der Waals surface area contributed by atoms with Gasteiger partial charge in [0, 0.05) is 24.6 Å². The molecular formula is C20H22N4O4S2. The van der Waals surface area contributed by atoms with Crippen molar-refractivity contribution in [3.05, 3.63) is 66.5 Å². The Balaban J connectivity index is 1.48. The first-order valence-electron chi connectivity index (χ1n) is 9.06. The third-order valence-corrected chi connectivity index (χ3v) is 6.17. The van der Waals surface area contributed by atoms with Gasteiger partial charge in [0.2, 0.25) is 15.9 Å². The Morgan fingerprint density at radius 1 is 1.17 bits per heavy atom. The van der Waals surface area contributed by atoms with Crippen molar-refractivity contribution in [2.24, 2.45) is 5.14 Å². The summed E-state index contributed by atoms with van der Waals surface area (Å²) in [5, 5.41) is 8.65. The SMILES string of the molecule is COc1ccc(-n2ccnc2SCC(=O)NCCc2ccc(S(N)(=O)=O)cc2)cc1. The van der Waals surface area contributed by atoms with Crippen LogP contribution in [0.2, 0.25) is 0 Å². The zero-order valence-corrected chi connectivity index (χ0v) is 17.9. The number of carbonyl (C=O) groups is 1. The number of thioether (sulfide) groups is 1. The van der Waals surface area contributed by atoms with Crippen molar-refractivity contribution < 1.29 is 17.9 Å². The number of nitrogens with two attached hydrogens (primary N) is 1. The van der Waals surface area contributed by atoms with E-state index in [1.54, 1.807) is 25.4 Å². The number of aromatic nitrogens is 2. The number of sulfonamides is 1. The lowest BCUT2D eigenvalue weighted by atomic mass is 10.1. The minimum Gasteiger partial charge on any atom is -0.497 e. The van der Waals surface area contributed by atoms with Crippen LogP contribution in [-0.2, 0) is 21.2 Å². The summed E-state index contributed by atoms with van der Waals surface area (Å²) in [4.78, 5) is 16.6. The highest BCUT2D eigenvalue weighted by atomic mass is 32.2. The lowest BCUT2D eigenvalue weighted by Crippen LogP contribution is -2.27. The fourth-order valence-electron chi connectivity index (χ4n) is 2.71. The molecule has 3 aromatic rings. The molecule has 30 heavy (non-hydrogen) atoms. The predicted molar refractivity (Wildman–Crippen MR) is 115 cm³/mol. The number of rotatable bonds is 9. The topological polar surface area (TPSA) is 116 Å². The molecule has 1 heterocycles. The molecule has 0 fully saturated rings. The molecule has 8 nitrogen and oxygen atoms in total. The Labute approximate surface area is 179 Å². The quantitative estimate of drug-likeness (QED) is 0.486. The molecule has 3 N–H and O–H groups in total. The van der Waals surface area contributed by atoms with Crippen LogP contribution in [0, 0.1) is 0 Å². The first kappa shape index (κ1) is 21.9. The van der Waals surface area contributed by atoms with E-state index in [4.69, 9.17) is 9.88 Å². The number of ether oxygens (including phenoxy) is 1. The van der Waals surface area contributed by atoms with Crippen molar-refractivity contribution >= 4 is 27.7 Å². The van der Waals surface area contributed by atoms with Gasteiger partial charge in [-0.05, 0) is 48.4 Å². The molecule has 158 valence electrons. The van der Waals surface area contributed by atoms with Gasteiger partial charge in [0.15, 0.2) is 5.16 Å². The molecule has 0 saturated heterocycles. The number of carbonyl (C=O) groups excluding carboxylic acids is 1. The van der Waals surface area contributed by atoms with E-state index < -0.39 is 10.0 Å². The van der Waals surface area contributed by atoms with Crippen LogP contribution in [-0.4, -0.2) is 43.3 Å². The van der Waals surface area contributed by atoms with Crippen LogP contribution in [0.25, 0.3) is 5.69 Å². The standard InChI is InChI=1S/C20H22N4O4S2/c1-28-17-6-4-16(5-7-17)24-13-12-23-20(24)29-14-19(25)22-11-10-15-2-8-18(9-3-15)30(21,26)27/h2-9,12-13H,10-11,14H2,1H3,(H,22,25)(H2,21,26,27). The van der Waals surface area contributed by atoms with E-state index in [2.05, 4.69) is 10.3 Å². The van der Waals surface area contributed by atoms with Crippen LogP contribution in [0.1, 0.15) is 5.56 Å². The largest absolute Gasteiger partial charge is 0.497 e. The second-order valence-electron chi connectivity index (χ2n) is 6.36. The highest BCUT2D eigenvalue weighted by molar-refractivity contribution is 7.99. The lowest BCUT2D eigenvalue weighted by molar-refractivity contribution is -0.118. The second kappa shape index (κ2) is 9.79. The van der Waals surface area contributed by atoms with Crippen molar-refractivity contribution in [3.63, 3.8) is 0 Å². The average Bonchev–Trinajstić information content (AvgIpc) is 3.21. The molecule has 10 heteroatoms. The van der Waals surface area contributed by atoms with Gasteiger partial charge in [0.1, 0.15) is 5.75 Å². The van der Waals surface area contributed by atoms with Crippen LogP contribution in [0.15, 0.2) is 71.0 Å². The summed E-state index contributed by atoms with van der Waals surface area (Å²) in [7, 11) is -2.08. The zero-order valence-electron chi connectivity index (χ0n) is 16.3. The van der Waals surface area contributed by atoms with Crippen LogP contribution in [0.3, 0.4) is 0 Å². The highest BCUT2D eigenvalue weighted by Crippen LogP contribution is 2.22. The van der Waals surface area contributed by atoms with E-state index >= 15 is 0 Å². The van der Waals surface area contributed by atoms with Crippen LogP contribution in [0.5, 0.6) is 5.75 Å². The minimum absolute atomic E-state index is 0.0686. The average molecular weight is 447 g/mol. The van der Waals surface area contributed by atoms with Gasteiger partial charge in [0.25, 0.3) is 0 Å². The maximum absolute atomic E-state index is 12.2. The van der Waals surface area contributed by atoms with E-state index in [9.17, 15) is 13.2 Å². The monoisotopic (exact) mass is 446 g/mol. The number of primary sulfonamides is 1. The molecule has 1 aromatic heterocycles. The summed E-state index contributed by atoms with van der Waals surface area (Å²) >= 11 is 1.35. The molecule has 1 amide bonds. The summed E-state index contributed by atoms with van der Waals surface area (Å²) in [5.74, 6) is 0.898. The Morgan fingerprint density at radius 2 is 1.87 bits per heavy atom. The number of benzene rings is 2. The number of amides is 1. The number of methoxy groups -OCH3 is 1. The highest BCUT2D eigenvalue weighted by Gasteiger charge is 2.10. The number of imidazole rings is 1. The number of nitrogens with one attached hydrogen (secondary N) is 1. The molecule has 0 unspecified atom stereocenters. The van der Waals surface area contributed by atoms with E-state index in [1.807, 2.05) is 35.0 Å². The number of hydrogen-bond acceptors (Lipinski definition) is 6. The Bertz CT molecular complexity index is 1090. The van der Waals surface area contributed by atoms with Crippen molar-refractivity contribution in [1.82, 2.24) is 14.9 Å². The molecule has 3 rings (SSSR count). The van der Waals surface area contributed by atoms with Crippen LogP contribution < -0.4 is 15.2 Å². The van der Waals surface area contributed by atoms with Gasteiger partial charge < -0.3 is 10.1 Å². The smallest absolute Gasteiger partial charge is 0.238 e. The molecule has 0 atom stereocenters. The fourth-order valence-corrected chi connectivity index (χ4v) is 4.03. The Morgan fingerprint density at radius 3 is 2.50 bits per heavy atom. The van der Waals surface area contributed by atoms with Crippen LogP contribution >= 0.6 is 11.8 Å². The molecule has 0 saturated carbocycles. The van der Waals surface area contributed by atoms with E-state index in [1.165, 1.54) is 23.9 Å². The van der Waals surface area contributed by atoms with Crippen LogP contribution in [0.4, 0.5) is 0 Å². The lowest BCUT2D eigenvalue weighted by Gasteiger charge is -2.09. The van der Waals surface area contributed by atoms with Gasteiger partial charge in [-0.1, -0.05) is 23.9 Å². The zero-order chi connectivity index (χ0) is 21.6. The first-order chi connectivity index (χ1) is 14.4. The summed E-state index contributed by atoms with van der Waals surface area (Å²) in [6.45, 7) is 0.445. The van der Waals surface area contributed by atoms with Crippen molar-refractivity contribution in [3.8, 4) is 11.4 Å². The van der Waals surface area contributed by atoms with Gasteiger partial charge in [-0.3, -0.25) is 9.36 Å². The normalized spacial score (nSPS) is 11.3. The maximum atomic E-state index is 12.2. The molecule has 0 spiro atoms. The first-order valence-corrected chi connectivity index (χ1v) is 11.6. The summed E-state index contributed by atoms with van der Waals surface area (Å²) < 4.78 is 29.6. The Kier molecular flexibility index (Phi) is 7.14. The van der Waals surface area contributed by atoms with E-state index in [0.29, 0.717) is 18.1 Å². The molecule has 0 aliphatic heterocycles. The third kappa shape index (κ3) is 5.85. The van der Waals surface area contributed by atoms with Crippen molar-refractivity contribution in [2.75, 3.05) is 19.4 Å². The third-order valence-electron chi connectivity index (χ3n) is 4.28. The van der Waals surface area contributed by atoms with Crippen molar-refractivity contribution in [2.45, 2.75) is 16.5 Å². The summed E-state index contributed by atoms with van der Waals surface area (Å²) in [6.07, 6.45) is 4.12. The molecule has 2 aromatic carbocycles. The number of nitrogens with zero attached hydrogens (tertiary/aromatic N) is 2. The number of hydrogen-bond donors (Lipinski definition) is 2. The molecule has 0 radical (unpaired) electrons. The molecule has 0 bridgehead atoms. The van der Waals surface area contributed by atoms with Crippen molar-refractivity contribution in [1.29, 1.82) is 0 Å². The fraction of sp³-hybridized carbons (Fsp3) is 0.200. The molecular weight excluding hydrogens is 424 g/mol. The van der Waals surface area contributed by atoms with Gasteiger partial charge in [0.05, 0.1) is 17.8 Å². The predicted octanol–water partition coefficient (Wildman–Crippen LogP) is 1.98. The molecule has 0 aliphatic rings. The van der Waals surface area contributed by atoms with Gasteiger partial charge in [-0.2, -0.15) is 0 Å². The summed E-state index contributed by atoms with van der Waals surface area (Å²) in [6, 6.07) is 13.9. The maximum Gasteiger partial charge on any atom is 0.238 e.